The van der Waals surface area contributed by atoms with Crippen LogP contribution in [0.1, 0.15) is 80.1 Å². The van der Waals surface area contributed by atoms with Gasteiger partial charge in [-0.05, 0) is 78.1 Å². The van der Waals surface area contributed by atoms with E-state index in [1.165, 1.54) is 11.1 Å². The van der Waals surface area contributed by atoms with Gasteiger partial charge < -0.3 is 10.2 Å². The van der Waals surface area contributed by atoms with Crippen molar-refractivity contribution in [3.8, 4) is 0 Å². The van der Waals surface area contributed by atoms with Gasteiger partial charge >= 0.3 is 0 Å². The van der Waals surface area contributed by atoms with Crippen LogP contribution in [0, 0.1) is 11.8 Å². The van der Waals surface area contributed by atoms with Crippen LogP contribution in [-0.4, -0.2) is 22.4 Å². The molecule has 0 fully saturated rings. The number of hydrogen-bond acceptors (Lipinski definition) is 2. The van der Waals surface area contributed by atoms with E-state index in [9.17, 15) is 10.2 Å². The molecule has 0 spiro atoms. The molecule has 0 rings (SSSR count). The number of allylic oxidation sites excluding steroid dienone is 4. The lowest BCUT2D eigenvalue weighted by molar-refractivity contribution is -0.00668. The van der Waals surface area contributed by atoms with Crippen molar-refractivity contribution >= 4 is 0 Å². The summed E-state index contributed by atoms with van der Waals surface area (Å²) in [4.78, 5) is 0. The Balaban J connectivity index is 4.01. The zero-order chi connectivity index (χ0) is 17.1. The Morgan fingerprint density at radius 2 is 1.05 bits per heavy atom. The fraction of sp³-hybridized carbons (Fsp3) is 0.800. The molecule has 4 unspecified atom stereocenters. The van der Waals surface area contributed by atoms with Crippen LogP contribution in [0.4, 0.5) is 0 Å². The zero-order valence-electron chi connectivity index (χ0n) is 15.6. The van der Waals surface area contributed by atoms with Crippen molar-refractivity contribution in [2.75, 3.05) is 0 Å². The number of hydrogen-bond donors (Lipinski definition) is 2. The van der Waals surface area contributed by atoms with Crippen molar-refractivity contribution in [2.24, 2.45) is 11.8 Å². The number of aliphatic hydroxyl groups excluding tert-OH is 2. The molecule has 0 bridgehead atoms. The molecule has 0 aromatic rings. The van der Waals surface area contributed by atoms with Crippen LogP contribution in [0.25, 0.3) is 0 Å². The molecule has 0 heterocycles. The first-order chi connectivity index (χ1) is 10.2. The third-order valence-corrected chi connectivity index (χ3v) is 4.16. The molecular formula is C20H38O2. The van der Waals surface area contributed by atoms with Gasteiger partial charge in [0.05, 0.1) is 12.2 Å². The van der Waals surface area contributed by atoms with Gasteiger partial charge in [-0.25, -0.2) is 0 Å². The van der Waals surface area contributed by atoms with Crippen LogP contribution in [0.3, 0.4) is 0 Å². The minimum Gasteiger partial charge on any atom is -0.390 e. The van der Waals surface area contributed by atoms with Gasteiger partial charge in [0.2, 0.25) is 0 Å². The monoisotopic (exact) mass is 310 g/mol. The molecule has 0 aromatic carbocycles. The molecule has 0 aliphatic carbocycles. The van der Waals surface area contributed by atoms with Crippen molar-refractivity contribution in [2.45, 2.75) is 92.3 Å². The summed E-state index contributed by atoms with van der Waals surface area (Å²) in [6.45, 7) is 12.8. The van der Waals surface area contributed by atoms with Gasteiger partial charge in [0.1, 0.15) is 0 Å². The molecular weight excluding hydrogens is 272 g/mol. The Labute approximate surface area is 138 Å². The van der Waals surface area contributed by atoms with E-state index >= 15 is 0 Å². The maximum Gasteiger partial charge on any atom is 0.0801 e. The van der Waals surface area contributed by atoms with E-state index in [2.05, 4.69) is 53.7 Å². The molecule has 2 nitrogen and oxygen atoms in total. The molecule has 2 N–H and O–H groups in total. The Bertz CT molecular complexity index is 302. The normalized spacial score (nSPS) is 16.5. The van der Waals surface area contributed by atoms with Crippen molar-refractivity contribution in [1.29, 1.82) is 0 Å². The van der Waals surface area contributed by atoms with Gasteiger partial charge in [-0.3, -0.25) is 0 Å². The topological polar surface area (TPSA) is 40.5 Å². The smallest absolute Gasteiger partial charge is 0.0801 e. The second-order valence-electron chi connectivity index (χ2n) is 7.53. The predicted molar refractivity (Wildman–Crippen MR) is 96.9 cm³/mol. The highest BCUT2D eigenvalue weighted by molar-refractivity contribution is 4.93. The first-order valence-corrected chi connectivity index (χ1v) is 8.85. The summed E-state index contributed by atoms with van der Waals surface area (Å²) < 4.78 is 0. The Hall–Kier alpha value is -0.600. The number of aliphatic hydroxyl groups is 2. The van der Waals surface area contributed by atoms with E-state index in [1.54, 1.807) is 0 Å². The van der Waals surface area contributed by atoms with Gasteiger partial charge in [0, 0.05) is 0 Å². The molecule has 0 saturated heterocycles. The van der Waals surface area contributed by atoms with Crippen molar-refractivity contribution < 1.29 is 10.2 Å². The maximum atomic E-state index is 10.2. The minimum absolute atomic E-state index is 0.446. The van der Waals surface area contributed by atoms with Crippen LogP contribution < -0.4 is 0 Å². The lowest BCUT2D eigenvalue weighted by atomic mass is 9.90. The van der Waals surface area contributed by atoms with Gasteiger partial charge in [-0.15, -0.1) is 0 Å². The predicted octanol–water partition coefficient (Wildman–Crippen LogP) is 5.25. The summed E-state index contributed by atoms with van der Waals surface area (Å²) in [7, 11) is 0. The highest BCUT2D eigenvalue weighted by Crippen LogP contribution is 2.21. The van der Waals surface area contributed by atoms with Crippen LogP contribution in [0.15, 0.2) is 23.3 Å². The van der Waals surface area contributed by atoms with Gasteiger partial charge in [0.25, 0.3) is 0 Å². The fourth-order valence-corrected chi connectivity index (χ4v) is 2.69. The molecule has 22 heavy (non-hydrogen) atoms. The Kier molecular flexibility index (Phi) is 11.6. The minimum atomic E-state index is -0.590. The molecule has 0 radical (unpaired) electrons. The molecule has 130 valence electrons. The summed E-state index contributed by atoms with van der Waals surface area (Å²) in [5.74, 6) is 0.891. The molecule has 0 amide bonds. The van der Waals surface area contributed by atoms with Gasteiger partial charge in [-0.1, -0.05) is 37.1 Å². The largest absolute Gasteiger partial charge is 0.390 e. The van der Waals surface area contributed by atoms with Gasteiger partial charge in [-0.2, -0.15) is 0 Å². The van der Waals surface area contributed by atoms with E-state index < -0.39 is 12.2 Å². The first kappa shape index (κ1) is 21.4. The second kappa shape index (κ2) is 11.9. The van der Waals surface area contributed by atoms with Crippen molar-refractivity contribution in [3.05, 3.63) is 23.3 Å². The van der Waals surface area contributed by atoms with Crippen molar-refractivity contribution in [1.82, 2.24) is 0 Å². The average molecular weight is 311 g/mol. The highest BCUT2D eigenvalue weighted by Gasteiger charge is 2.20. The van der Waals surface area contributed by atoms with E-state index in [-0.39, 0.29) is 0 Å². The quantitative estimate of drug-likeness (QED) is 0.511. The lowest BCUT2D eigenvalue weighted by Crippen LogP contribution is -2.29. The summed E-state index contributed by atoms with van der Waals surface area (Å²) in [5, 5.41) is 20.4. The van der Waals surface area contributed by atoms with Gasteiger partial charge in [0.15, 0.2) is 0 Å². The molecule has 2 heteroatoms. The molecule has 0 saturated carbocycles. The standard InChI is InChI=1S/C20H38O2/c1-15(2)9-7-11-17(5)13-19(21)20(22)14-18(6)12-8-10-16(3)4/h9-10,17-22H,7-8,11-14H2,1-6H3. The van der Waals surface area contributed by atoms with Crippen molar-refractivity contribution in [3.63, 3.8) is 0 Å². The van der Waals surface area contributed by atoms with E-state index in [4.69, 9.17) is 0 Å². The van der Waals surface area contributed by atoms with Crippen LogP contribution >= 0.6 is 0 Å². The lowest BCUT2D eigenvalue weighted by Gasteiger charge is -2.23. The zero-order valence-corrected chi connectivity index (χ0v) is 15.6. The summed E-state index contributed by atoms with van der Waals surface area (Å²) in [5.41, 5.74) is 2.69. The third kappa shape index (κ3) is 12.0. The molecule has 0 aliphatic heterocycles. The SMILES string of the molecule is CC(C)=CCCC(C)CC(O)C(O)CC(C)CCC=C(C)C. The Morgan fingerprint density at radius 1 is 0.727 bits per heavy atom. The Morgan fingerprint density at radius 3 is 1.32 bits per heavy atom. The summed E-state index contributed by atoms with van der Waals surface area (Å²) in [6, 6.07) is 0. The summed E-state index contributed by atoms with van der Waals surface area (Å²) >= 11 is 0. The van der Waals surface area contributed by atoms with E-state index in [0.717, 1.165) is 25.7 Å². The highest BCUT2D eigenvalue weighted by atomic mass is 16.3. The van der Waals surface area contributed by atoms with E-state index in [0.29, 0.717) is 24.7 Å². The maximum absolute atomic E-state index is 10.2. The van der Waals surface area contributed by atoms with E-state index in [1.807, 2.05) is 0 Å². The second-order valence-corrected chi connectivity index (χ2v) is 7.53. The average Bonchev–Trinajstić information content (AvgIpc) is 2.37. The third-order valence-electron chi connectivity index (χ3n) is 4.16. The van der Waals surface area contributed by atoms with Crippen LogP contribution in [0.5, 0.6) is 0 Å². The fourth-order valence-electron chi connectivity index (χ4n) is 2.69. The molecule has 4 atom stereocenters. The summed E-state index contributed by atoms with van der Waals surface area (Å²) in [6.07, 6.45) is 8.96. The first-order valence-electron chi connectivity index (χ1n) is 8.85. The number of rotatable bonds is 11. The molecule has 0 aromatic heterocycles. The molecule has 0 aliphatic rings. The van der Waals surface area contributed by atoms with Crippen LogP contribution in [0.2, 0.25) is 0 Å². The van der Waals surface area contributed by atoms with Crippen LogP contribution in [-0.2, 0) is 0 Å².